The van der Waals surface area contributed by atoms with Crippen molar-refractivity contribution in [2.24, 2.45) is 0 Å². The van der Waals surface area contributed by atoms with Crippen LogP contribution in [-0.4, -0.2) is 30.5 Å². The van der Waals surface area contributed by atoms with Crippen LogP contribution in [-0.2, 0) is 11.8 Å². The van der Waals surface area contributed by atoms with Gasteiger partial charge in [0, 0.05) is 24.1 Å². The molecule has 1 atom stereocenters. The number of ether oxygens (including phenoxy) is 2. The van der Waals surface area contributed by atoms with Gasteiger partial charge in [-0.15, -0.1) is 0 Å². The van der Waals surface area contributed by atoms with Gasteiger partial charge in [-0.25, -0.2) is 8.78 Å². The molecule has 0 bridgehead atoms. The second-order valence-electron chi connectivity index (χ2n) is 9.56. The van der Waals surface area contributed by atoms with Gasteiger partial charge >= 0.3 is 0 Å². The quantitative estimate of drug-likeness (QED) is 0.528. The van der Waals surface area contributed by atoms with Crippen LogP contribution in [0.2, 0.25) is 0 Å². The molecule has 1 unspecified atom stereocenters. The second kappa shape index (κ2) is 9.75. The molecule has 0 N–H and O–H groups in total. The van der Waals surface area contributed by atoms with E-state index in [9.17, 15) is 8.78 Å². The van der Waals surface area contributed by atoms with Crippen molar-refractivity contribution in [3.8, 4) is 11.5 Å². The zero-order valence-electron chi connectivity index (χ0n) is 20.4. The highest BCUT2D eigenvalue weighted by Gasteiger charge is 2.35. The van der Waals surface area contributed by atoms with Crippen molar-refractivity contribution in [3.05, 3.63) is 88.5 Å². The van der Waals surface area contributed by atoms with Crippen molar-refractivity contribution in [1.82, 2.24) is 0 Å². The number of hydrogen-bond acceptors (Lipinski definition) is 2. The molecule has 0 spiro atoms. The molecule has 1 aliphatic rings. The third-order valence-electron chi connectivity index (χ3n) is 6.27. The van der Waals surface area contributed by atoms with Crippen LogP contribution in [0.4, 0.5) is 14.5 Å². The molecule has 4 rings (SSSR count). The summed E-state index contributed by atoms with van der Waals surface area (Å²) < 4.78 is 41.2. The van der Waals surface area contributed by atoms with Gasteiger partial charge in [0.1, 0.15) is 0 Å². The van der Waals surface area contributed by atoms with Crippen molar-refractivity contribution < 1.29 is 35.2 Å². The third-order valence-corrected chi connectivity index (χ3v) is 6.27. The van der Waals surface area contributed by atoms with E-state index in [0.717, 1.165) is 28.8 Å². The van der Waals surface area contributed by atoms with Gasteiger partial charge in [0.15, 0.2) is 29.2 Å². The van der Waals surface area contributed by atoms with Crippen molar-refractivity contribution in [1.29, 1.82) is 0 Å². The van der Waals surface area contributed by atoms with E-state index < -0.39 is 11.6 Å². The van der Waals surface area contributed by atoms with Gasteiger partial charge < -0.3 is 21.9 Å². The first-order valence-corrected chi connectivity index (χ1v) is 11.1. The fourth-order valence-corrected chi connectivity index (χ4v) is 4.51. The molecular formula is C28H30ClF2NO2. The SMILES string of the molecule is COc1cc2c(cc1OC)C(c1ccc(C(C)(C)C)cc1)=[N+](c1ccc(F)c(F)c1)C(C)C2.[Cl-]. The van der Waals surface area contributed by atoms with Crippen LogP contribution in [0, 0.1) is 11.6 Å². The molecule has 0 aliphatic carbocycles. The highest BCUT2D eigenvalue weighted by Crippen LogP contribution is 2.37. The van der Waals surface area contributed by atoms with E-state index in [1.165, 1.54) is 17.7 Å². The zero-order valence-corrected chi connectivity index (χ0v) is 21.1. The van der Waals surface area contributed by atoms with Gasteiger partial charge in [0.05, 0.1) is 19.8 Å². The minimum Gasteiger partial charge on any atom is -1.00 e. The van der Waals surface area contributed by atoms with Gasteiger partial charge in [0.2, 0.25) is 11.4 Å². The molecule has 3 aromatic carbocycles. The molecule has 0 aromatic heterocycles. The molecule has 0 radical (unpaired) electrons. The van der Waals surface area contributed by atoms with Crippen LogP contribution >= 0.6 is 0 Å². The summed E-state index contributed by atoms with van der Waals surface area (Å²) in [6.45, 7) is 8.62. The summed E-state index contributed by atoms with van der Waals surface area (Å²) in [6, 6.07) is 16.5. The van der Waals surface area contributed by atoms with Crippen molar-refractivity contribution >= 4 is 11.4 Å². The first-order valence-electron chi connectivity index (χ1n) is 11.1. The smallest absolute Gasteiger partial charge is 0.220 e. The summed E-state index contributed by atoms with van der Waals surface area (Å²) in [4.78, 5) is 0. The molecule has 0 fully saturated rings. The Morgan fingerprint density at radius 1 is 0.853 bits per heavy atom. The second-order valence-corrected chi connectivity index (χ2v) is 9.56. The lowest BCUT2D eigenvalue weighted by atomic mass is 9.84. The summed E-state index contributed by atoms with van der Waals surface area (Å²) in [7, 11) is 3.24. The Balaban J connectivity index is 0.00000324. The van der Waals surface area contributed by atoms with Crippen LogP contribution in [0.25, 0.3) is 0 Å². The van der Waals surface area contributed by atoms with Gasteiger partial charge in [-0.2, -0.15) is 4.58 Å². The Kier molecular flexibility index (Phi) is 7.37. The molecule has 180 valence electrons. The van der Waals surface area contributed by atoms with E-state index in [1.54, 1.807) is 20.3 Å². The van der Waals surface area contributed by atoms with Crippen LogP contribution in [0.5, 0.6) is 11.5 Å². The molecule has 0 saturated heterocycles. The Labute approximate surface area is 206 Å². The molecule has 0 saturated carbocycles. The largest absolute Gasteiger partial charge is 1.00 e. The maximum absolute atomic E-state index is 14.2. The van der Waals surface area contributed by atoms with Crippen molar-refractivity contribution in [3.63, 3.8) is 0 Å². The number of benzene rings is 3. The topological polar surface area (TPSA) is 21.5 Å². The lowest BCUT2D eigenvalue weighted by Crippen LogP contribution is -3.00. The highest BCUT2D eigenvalue weighted by molar-refractivity contribution is 6.12. The molecule has 1 aliphatic heterocycles. The molecule has 34 heavy (non-hydrogen) atoms. The highest BCUT2D eigenvalue weighted by atomic mass is 35.5. The van der Waals surface area contributed by atoms with Crippen molar-refractivity contribution in [2.45, 2.75) is 45.6 Å². The predicted octanol–water partition coefficient (Wildman–Crippen LogP) is 3.41. The first kappa shape index (κ1) is 25.7. The summed E-state index contributed by atoms with van der Waals surface area (Å²) >= 11 is 0. The van der Waals surface area contributed by atoms with Gasteiger partial charge in [-0.3, -0.25) is 0 Å². The standard InChI is InChI=1S/C28H30F2NO2.ClH/c1-17-13-19-14-25(32-5)26(33-6)16-22(19)27(18-7-9-20(10-8-18)28(2,3)4)31(17)21-11-12-23(29)24(30)15-21;/h7-12,14-17H,13H2,1-6H3;1H/q+1;/p-1. The number of halogens is 3. The minimum absolute atomic E-state index is 0. The number of hydrogen-bond donors (Lipinski definition) is 0. The average Bonchev–Trinajstić information content (AvgIpc) is 2.78. The maximum atomic E-state index is 14.2. The molecule has 3 nitrogen and oxygen atoms in total. The number of rotatable bonds is 4. The fourth-order valence-electron chi connectivity index (χ4n) is 4.51. The van der Waals surface area contributed by atoms with E-state index in [1.807, 2.05) is 12.1 Å². The lowest BCUT2D eigenvalue weighted by Gasteiger charge is -2.25. The van der Waals surface area contributed by atoms with E-state index in [0.29, 0.717) is 17.2 Å². The van der Waals surface area contributed by atoms with Crippen LogP contribution in [0.15, 0.2) is 54.6 Å². The van der Waals surface area contributed by atoms with Gasteiger partial charge in [0.25, 0.3) is 0 Å². The summed E-state index contributed by atoms with van der Waals surface area (Å²) in [5.74, 6) is -0.418. The number of nitrogens with zero attached hydrogens (tertiary/aromatic N) is 1. The first-order chi connectivity index (χ1) is 15.6. The minimum atomic E-state index is -0.861. The maximum Gasteiger partial charge on any atom is 0.220 e. The Bertz CT molecular complexity index is 1230. The monoisotopic (exact) mass is 485 g/mol. The molecule has 0 amide bonds. The summed E-state index contributed by atoms with van der Waals surface area (Å²) in [6.07, 6.45) is 0.720. The molecule has 3 aromatic rings. The number of methoxy groups -OCH3 is 2. The molecular weight excluding hydrogens is 456 g/mol. The van der Waals surface area contributed by atoms with Crippen LogP contribution in [0.1, 0.15) is 49.9 Å². The zero-order chi connectivity index (χ0) is 23.9. The van der Waals surface area contributed by atoms with Crippen LogP contribution in [0.3, 0.4) is 0 Å². The van der Waals surface area contributed by atoms with Gasteiger partial charge in [-0.05, 0) is 53.8 Å². The number of fused-ring (bicyclic) bond motifs is 1. The van der Waals surface area contributed by atoms with Crippen LogP contribution < -0.4 is 21.9 Å². The predicted molar refractivity (Wildman–Crippen MR) is 127 cm³/mol. The average molecular weight is 486 g/mol. The van der Waals surface area contributed by atoms with Gasteiger partial charge in [-0.1, -0.05) is 32.9 Å². The molecule has 1 heterocycles. The normalized spacial score (nSPS) is 15.5. The van der Waals surface area contributed by atoms with E-state index in [2.05, 4.69) is 56.5 Å². The van der Waals surface area contributed by atoms with E-state index in [-0.39, 0.29) is 23.9 Å². The fraction of sp³-hybridized carbons (Fsp3) is 0.321. The van der Waals surface area contributed by atoms with E-state index >= 15 is 0 Å². The lowest BCUT2D eigenvalue weighted by molar-refractivity contribution is -0.481. The summed E-state index contributed by atoms with van der Waals surface area (Å²) in [5.41, 5.74) is 5.88. The Morgan fingerprint density at radius 2 is 1.47 bits per heavy atom. The van der Waals surface area contributed by atoms with E-state index in [4.69, 9.17) is 9.47 Å². The Hall–Kier alpha value is -2.92. The third kappa shape index (κ3) is 4.67. The van der Waals surface area contributed by atoms with Crippen molar-refractivity contribution in [2.75, 3.05) is 14.2 Å². The molecule has 6 heteroatoms. The Morgan fingerprint density at radius 3 is 2.03 bits per heavy atom. The summed E-state index contributed by atoms with van der Waals surface area (Å²) in [5, 5.41) is 0.